The van der Waals surface area contributed by atoms with Crippen LogP contribution in [0.15, 0.2) is 48.7 Å². The van der Waals surface area contributed by atoms with Gasteiger partial charge in [0.15, 0.2) is 5.69 Å². The summed E-state index contributed by atoms with van der Waals surface area (Å²) in [4.78, 5) is 19.3. The Morgan fingerprint density at radius 3 is 2.46 bits per heavy atom. The lowest BCUT2D eigenvalue weighted by Gasteiger charge is -2.25. The molecule has 186 valence electrons. The van der Waals surface area contributed by atoms with E-state index in [-0.39, 0.29) is 19.1 Å². The summed E-state index contributed by atoms with van der Waals surface area (Å²) in [5.41, 5.74) is 2.66. The zero-order valence-electron chi connectivity index (χ0n) is 19.8. The number of nitrogens with one attached hydrogen (secondary N) is 1. The Morgan fingerprint density at radius 2 is 1.83 bits per heavy atom. The van der Waals surface area contributed by atoms with Gasteiger partial charge in [0.2, 0.25) is 15.9 Å². The smallest absolute Gasteiger partial charge is 0.274 e. The normalized spacial score (nSPS) is 14.1. The van der Waals surface area contributed by atoms with Crippen LogP contribution in [0.3, 0.4) is 0 Å². The Hall–Kier alpha value is -3.44. The first-order valence-corrected chi connectivity index (χ1v) is 13.3. The summed E-state index contributed by atoms with van der Waals surface area (Å²) in [6.07, 6.45) is 5.90. The summed E-state index contributed by atoms with van der Waals surface area (Å²) < 4.78 is 37.2. The molecule has 0 unspecified atom stereocenters. The highest BCUT2D eigenvalue weighted by atomic mass is 32.2. The molecule has 1 saturated heterocycles. The number of carbonyl (C=O) groups is 1. The Morgan fingerprint density at radius 1 is 1.09 bits per heavy atom. The molecule has 0 bridgehead atoms. The third-order valence-corrected chi connectivity index (χ3v) is 6.36. The lowest BCUT2D eigenvalue weighted by Crippen LogP contribution is -2.35. The topological polar surface area (TPSA) is 116 Å². The van der Waals surface area contributed by atoms with Crippen LogP contribution in [0, 0.1) is 0 Å². The van der Waals surface area contributed by atoms with E-state index in [2.05, 4.69) is 14.8 Å². The molecule has 11 heteroatoms. The Balaban J connectivity index is 1.59. The van der Waals surface area contributed by atoms with Crippen molar-refractivity contribution in [2.24, 2.45) is 0 Å². The Kier molecular flexibility index (Phi) is 7.67. The van der Waals surface area contributed by atoms with E-state index in [1.807, 2.05) is 23.1 Å². The Bertz CT molecular complexity index is 1250. The van der Waals surface area contributed by atoms with Crippen molar-refractivity contribution in [3.05, 3.63) is 54.4 Å². The van der Waals surface area contributed by atoms with Crippen LogP contribution in [0.4, 0.5) is 0 Å². The van der Waals surface area contributed by atoms with E-state index >= 15 is 0 Å². The van der Waals surface area contributed by atoms with Gasteiger partial charge in [-0.25, -0.2) is 22.8 Å². The molecule has 1 aromatic carbocycles. The van der Waals surface area contributed by atoms with Crippen LogP contribution in [0.1, 0.15) is 29.8 Å². The van der Waals surface area contributed by atoms with E-state index in [0.29, 0.717) is 23.0 Å². The number of methoxy groups -OCH3 is 1. The van der Waals surface area contributed by atoms with Crippen LogP contribution in [0.5, 0.6) is 11.6 Å². The molecule has 0 radical (unpaired) electrons. The number of sulfonamides is 1. The predicted molar refractivity (Wildman–Crippen MR) is 131 cm³/mol. The van der Waals surface area contributed by atoms with Gasteiger partial charge in [0, 0.05) is 31.3 Å². The van der Waals surface area contributed by atoms with Crippen LogP contribution >= 0.6 is 0 Å². The van der Waals surface area contributed by atoms with Gasteiger partial charge < -0.3 is 14.4 Å². The molecule has 10 nitrogen and oxygen atoms in total. The minimum absolute atomic E-state index is 0.0792. The number of likely N-dealkylation sites (tertiary alicyclic amines) is 1. The number of piperidine rings is 1. The maximum atomic E-state index is 13.1. The molecule has 1 amide bonds. The predicted octanol–water partition coefficient (Wildman–Crippen LogP) is 2.50. The summed E-state index contributed by atoms with van der Waals surface area (Å²) in [6.45, 7) is 1.87. The summed E-state index contributed by atoms with van der Waals surface area (Å²) in [6, 6.07) is 12.7. The average molecular weight is 500 g/mol. The molecule has 2 aromatic heterocycles. The third kappa shape index (κ3) is 6.37. The lowest BCUT2D eigenvalue weighted by molar-refractivity contribution is 0.0718. The van der Waals surface area contributed by atoms with Crippen LogP contribution in [-0.2, 0) is 10.0 Å². The van der Waals surface area contributed by atoms with Crippen molar-refractivity contribution < 1.29 is 22.7 Å². The number of nitrogens with zero attached hydrogens (tertiary/aromatic N) is 4. The van der Waals surface area contributed by atoms with Gasteiger partial charge >= 0.3 is 0 Å². The fourth-order valence-corrected chi connectivity index (χ4v) is 4.34. The van der Waals surface area contributed by atoms with Crippen LogP contribution in [0.2, 0.25) is 0 Å². The molecule has 3 heterocycles. The molecule has 1 aliphatic heterocycles. The van der Waals surface area contributed by atoms with E-state index in [4.69, 9.17) is 9.47 Å². The highest BCUT2D eigenvalue weighted by molar-refractivity contribution is 7.88. The number of aromatic nitrogens is 3. The SMILES string of the molecule is COc1ccc(-n2nc(C(=O)N3CCCCC3)cc2-c2ccc(OCCNS(C)(=O)=O)cc2)cn1. The first kappa shape index (κ1) is 24.7. The molecule has 1 N–H and O–H groups in total. The first-order valence-electron chi connectivity index (χ1n) is 11.4. The van der Waals surface area contributed by atoms with E-state index in [0.717, 1.165) is 49.9 Å². The summed E-state index contributed by atoms with van der Waals surface area (Å²) in [5, 5.41) is 4.64. The van der Waals surface area contributed by atoms with Gasteiger partial charge in [0.05, 0.1) is 30.9 Å². The summed E-state index contributed by atoms with van der Waals surface area (Å²) >= 11 is 0. The van der Waals surface area contributed by atoms with Gasteiger partial charge in [-0.05, 0) is 55.7 Å². The summed E-state index contributed by atoms with van der Waals surface area (Å²) in [5.74, 6) is 1.01. The fourth-order valence-electron chi connectivity index (χ4n) is 3.88. The van der Waals surface area contributed by atoms with Gasteiger partial charge in [0.1, 0.15) is 12.4 Å². The highest BCUT2D eigenvalue weighted by Gasteiger charge is 2.23. The number of hydrogen-bond donors (Lipinski definition) is 1. The molecule has 0 spiro atoms. The molecule has 0 saturated carbocycles. The molecular formula is C24H29N5O5S. The molecule has 35 heavy (non-hydrogen) atoms. The van der Waals surface area contributed by atoms with Gasteiger partial charge in [0.25, 0.3) is 5.91 Å². The van der Waals surface area contributed by atoms with Crippen molar-refractivity contribution >= 4 is 15.9 Å². The largest absolute Gasteiger partial charge is 0.492 e. The van der Waals surface area contributed by atoms with E-state index in [1.54, 1.807) is 42.3 Å². The maximum Gasteiger partial charge on any atom is 0.274 e. The average Bonchev–Trinajstić information content (AvgIpc) is 3.32. The Labute approximate surface area is 204 Å². The van der Waals surface area contributed by atoms with E-state index in [1.165, 1.54) is 0 Å². The number of hydrogen-bond acceptors (Lipinski definition) is 7. The van der Waals surface area contributed by atoms with Crippen molar-refractivity contribution in [1.29, 1.82) is 0 Å². The molecule has 0 aliphatic carbocycles. The van der Waals surface area contributed by atoms with E-state index < -0.39 is 10.0 Å². The van der Waals surface area contributed by atoms with Gasteiger partial charge in [-0.1, -0.05) is 0 Å². The van der Waals surface area contributed by atoms with Crippen molar-refractivity contribution in [2.75, 3.05) is 39.6 Å². The maximum absolute atomic E-state index is 13.1. The zero-order valence-corrected chi connectivity index (χ0v) is 20.6. The molecular weight excluding hydrogens is 470 g/mol. The molecule has 3 aromatic rings. The van der Waals surface area contributed by atoms with Gasteiger partial charge in [-0.3, -0.25) is 4.79 Å². The number of ether oxygens (including phenoxy) is 2. The molecule has 1 fully saturated rings. The van der Waals surface area contributed by atoms with Crippen molar-refractivity contribution in [3.63, 3.8) is 0 Å². The van der Waals surface area contributed by atoms with Crippen molar-refractivity contribution in [3.8, 4) is 28.6 Å². The fraction of sp³-hybridized carbons (Fsp3) is 0.375. The first-order chi connectivity index (χ1) is 16.8. The second kappa shape index (κ2) is 10.9. The number of rotatable bonds is 9. The van der Waals surface area contributed by atoms with E-state index in [9.17, 15) is 13.2 Å². The van der Waals surface area contributed by atoms with Crippen molar-refractivity contribution in [2.45, 2.75) is 19.3 Å². The molecule has 4 rings (SSSR count). The van der Waals surface area contributed by atoms with Crippen LogP contribution in [-0.4, -0.2) is 73.6 Å². The second-order valence-electron chi connectivity index (χ2n) is 8.28. The number of pyridine rings is 1. The third-order valence-electron chi connectivity index (χ3n) is 5.63. The summed E-state index contributed by atoms with van der Waals surface area (Å²) in [7, 11) is -1.70. The minimum Gasteiger partial charge on any atom is -0.492 e. The van der Waals surface area contributed by atoms with Gasteiger partial charge in [-0.15, -0.1) is 0 Å². The highest BCUT2D eigenvalue weighted by Crippen LogP contribution is 2.27. The molecule has 1 aliphatic rings. The van der Waals surface area contributed by atoms with Crippen LogP contribution in [0.25, 0.3) is 16.9 Å². The number of carbonyl (C=O) groups excluding carboxylic acids is 1. The molecule has 0 atom stereocenters. The second-order valence-corrected chi connectivity index (χ2v) is 10.1. The van der Waals surface area contributed by atoms with Crippen LogP contribution < -0.4 is 14.2 Å². The monoisotopic (exact) mass is 499 g/mol. The number of amides is 1. The van der Waals surface area contributed by atoms with Crippen molar-refractivity contribution in [1.82, 2.24) is 24.4 Å². The zero-order chi connectivity index (χ0) is 24.8. The minimum atomic E-state index is -3.25. The quantitative estimate of drug-likeness (QED) is 0.450. The van der Waals surface area contributed by atoms with Gasteiger partial charge in [-0.2, -0.15) is 5.10 Å². The lowest BCUT2D eigenvalue weighted by atomic mass is 10.1. The standard InChI is InChI=1S/C24H29N5O5S/c1-33-23-11-8-19(17-25-23)29-22(16-21(27-29)24(30)28-13-4-3-5-14-28)18-6-9-20(10-7-18)34-15-12-26-35(2,31)32/h6-11,16-17,26H,3-5,12-15H2,1-2H3. The number of benzene rings is 1.